The van der Waals surface area contributed by atoms with Gasteiger partial charge in [0.2, 0.25) is 0 Å². The molecule has 0 bridgehead atoms. The molecule has 0 aromatic carbocycles. The third-order valence-electron chi connectivity index (χ3n) is 3.41. The molecule has 1 saturated carbocycles. The van der Waals surface area contributed by atoms with Crippen LogP contribution in [0.5, 0.6) is 0 Å². The third-order valence-corrected chi connectivity index (χ3v) is 3.41. The number of nitrogens with zero attached hydrogens (tertiary/aromatic N) is 1. The van der Waals surface area contributed by atoms with Gasteiger partial charge in [-0.2, -0.15) is 0 Å². The molecule has 1 aromatic rings. The summed E-state index contributed by atoms with van der Waals surface area (Å²) in [6, 6.07) is 1.92. The van der Waals surface area contributed by atoms with Crippen LogP contribution in [-0.2, 0) is 4.74 Å². The first-order valence-electron chi connectivity index (χ1n) is 5.31. The fraction of sp³-hybridized carbons (Fsp3) is 0.500. The van der Waals surface area contributed by atoms with Gasteiger partial charge in [0.1, 0.15) is 0 Å². The molecule has 2 aliphatic rings. The topological polar surface area (TPSA) is 39.2 Å². The van der Waals surface area contributed by atoms with Crippen LogP contribution in [-0.4, -0.2) is 24.0 Å². The molecule has 2 fully saturated rings. The lowest BCUT2D eigenvalue weighted by atomic mass is 10.1. The van der Waals surface area contributed by atoms with Crippen molar-refractivity contribution in [3.8, 4) is 0 Å². The summed E-state index contributed by atoms with van der Waals surface area (Å²) in [6.07, 6.45) is 3.44. The molecule has 0 spiro atoms. The van der Waals surface area contributed by atoms with Crippen molar-refractivity contribution in [1.82, 2.24) is 4.98 Å². The van der Waals surface area contributed by atoms with Gasteiger partial charge in [-0.25, -0.2) is 0 Å². The smallest absolute Gasteiger partial charge is 0.168 e. The fourth-order valence-corrected chi connectivity index (χ4v) is 2.51. The van der Waals surface area contributed by atoms with Crippen molar-refractivity contribution in [2.24, 2.45) is 17.8 Å². The van der Waals surface area contributed by atoms with Crippen LogP contribution < -0.4 is 0 Å². The van der Waals surface area contributed by atoms with Gasteiger partial charge >= 0.3 is 0 Å². The predicted octanol–water partition coefficient (Wildman–Crippen LogP) is 1.47. The summed E-state index contributed by atoms with van der Waals surface area (Å²) in [6.45, 7) is 3.49. The van der Waals surface area contributed by atoms with Gasteiger partial charge in [0.25, 0.3) is 0 Å². The highest BCUT2D eigenvalue weighted by atomic mass is 16.5. The molecule has 0 amide bonds. The number of carbonyl (C=O) groups excluding carboxylic acids is 1. The van der Waals surface area contributed by atoms with E-state index < -0.39 is 0 Å². The first-order chi connectivity index (χ1) is 7.27. The maximum Gasteiger partial charge on any atom is 0.168 e. The van der Waals surface area contributed by atoms with Gasteiger partial charge in [0.05, 0.1) is 13.2 Å². The van der Waals surface area contributed by atoms with Crippen molar-refractivity contribution < 1.29 is 9.53 Å². The summed E-state index contributed by atoms with van der Waals surface area (Å²) in [5.74, 6) is 1.43. The van der Waals surface area contributed by atoms with Crippen molar-refractivity contribution in [3.05, 3.63) is 29.6 Å². The molecule has 0 N–H and O–H groups in total. The van der Waals surface area contributed by atoms with E-state index in [1.54, 1.807) is 12.4 Å². The Morgan fingerprint density at radius 2 is 2.13 bits per heavy atom. The Morgan fingerprint density at radius 3 is 2.80 bits per heavy atom. The van der Waals surface area contributed by atoms with Gasteiger partial charge < -0.3 is 4.74 Å². The Morgan fingerprint density at radius 1 is 1.40 bits per heavy atom. The number of hydrogen-bond donors (Lipinski definition) is 0. The Bertz CT molecular complexity index is 406. The van der Waals surface area contributed by atoms with Gasteiger partial charge in [-0.1, -0.05) is 0 Å². The zero-order chi connectivity index (χ0) is 10.4. The number of ketones is 1. The monoisotopic (exact) mass is 203 g/mol. The Hall–Kier alpha value is -1.22. The molecule has 1 saturated heterocycles. The highest BCUT2D eigenvalue weighted by Crippen LogP contribution is 2.52. The molecular formula is C12H13NO2. The van der Waals surface area contributed by atoms with Crippen molar-refractivity contribution in [2.75, 3.05) is 13.2 Å². The number of aryl methyl sites for hydroxylation is 1. The maximum atomic E-state index is 12.1. The lowest BCUT2D eigenvalue weighted by Gasteiger charge is -2.03. The molecule has 1 aliphatic heterocycles. The highest BCUT2D eigenvalue weighted by molar-refractivity contribution is 6.00. The SMILES string of the molecule is Cc1cncc(C(=O)C2C3COCC32)c1. The second kappa shape index (κ2) is 3.14. The molecule has 3 heteroatoms. The van der Waals surface area contributed by atoms with Crippen molar-refractivity contribution in [3.63, 3.8) is 0 Å². The van der Waals surface area contributed by atoms with Crippen LogP contribution in [0.15, 0.2) is 18.5 Å². The van der Waals surface area contributed by atoms with E-state index in [0.29, 0.717) is 11.8 Å². The number of hydrogen-bond acceptors (Lipinski definition) is 3. The molecule has 2 heterocycles. The van der Waals surface area contributed by atoms with Gasteiger partial charge in [-0.15, -0.1) is 0 Å². The molecule has 0 radical (unpaired) electrons. The number of rotatable bonds is 2. The van der Waals surface area contributed by atoms with Crippen LogP contribution >= 0.6 is 0 Å². The van der Waals surface area contributed by atoms with Gasteiger partial charge in [-0.3, -0.25) is 9.78 Å². The predicted molar refractivity (Wildman–Crippen MR) is 54.6 cm³/mol. The number of fused-ring (bicyclic) bond motifs is 1. The quantitative estimate of drug-likeness (QED) is 0.683. The summed E-state index contributed by atoms with van der Waals surface area (Å²) in [7, 11) is 0. The fourth-order valence-electron chi connectivity index (χ4n) is 2.51. The average molecular weight is 203 g/mol. The van der Waals surface area contributed by atoms with E-state index >= 15 is 0 Å². The number of Topliss-reactive ketones (excluding diaryl/α,β-unsaturated/α-hetero) is 1. The molecule has 15 heavy (non-hydrogen) atoms. The van der Waals surface area contributed by atoms with E-state index in [1.165, 1.54) is 0 Å². The largest absolute Gasteiger partial charge is 0.381 e. The number of carbonyl (C=O) groups is 1. The normalized spacial score (nSPS) is 32.5. The highest BCUT2D eigenvalue weighted by Gasteiger charge is 2.57. The zero-order valence-electron chi connectivity index (χ0n) is 8.64. The molecule has 1 aliphatic carbocycles. The van der Waals surface area contributed by atoms with Gasteiger partial charge in [-0.05, 0) is 30.4 Å². The van der Waals surface area contributed by atoms with E-state index in [2.05, 4.69) is 4.98 Å². The van der Waals surface area contributed by atoms with Crippen molar-refractivity contribution in [2.45, 2.75) is 6.92 Å². The first-order valence-corrected chi connectivity index (χ1v) is 5.31. The minimum Gasteiger partial charge on any atom is -0.381 e. The van der Waals surface area contributed by atoms with Gasteiger partial charge in [0.15, 0.2) is 5.78 Å². The standard InChI is InChI=1S/C12H13NO2/c1-7-2-8(4-13-3-7)12(14)11-9-5-15-6-10(9)11/h2-4,9-11H,5-6H2,1H3. The van der Waals surface area contributed by atoms with Crippen molar-refractivity contribution in [1.29, 1.82) is 0 Å². The molecule has 3 rings (SSSR count). The second-order valence-electron chi connectivity index (χ2n) is 4.51. The average Bonchev–Trinajstić information content (AvgIpc) is 2.70. The number of pyridine rings is 1. The van der Waals surface area contributed by atoms with E-state index in [-0.39, 0.29) is 11.7 Å². The maximum absolute atomic E-state index is 12.1. The lowest BCUT2D eigenvalue weighted by molar-refractivity contribution is 0.0893. The molecule has 2 unspecified atom stereocenters. The molecular weight excluding hydrogens is 190 g/mol. The summed E-state index contributed by atoms with van der Waals surface area (Å²) >= 11 is 0. The van der Waals surface area contributed by atoms with Crippen LogP contribution in [0.1, 0.15) is 15.9 Å². The minimum atomic E-state index is 0.211. The van der Waals surface area contributed by atoms with Gasteiger partial charge in [0, 0.05) is 23.9 Å². The first kappa shape index (κ1) is 9.04. The summed E-state index contributed by atoms with van der Waals surface area (Å²) in [4.78, 5) is 16.1. The summed E-state index contributed by atoms with van der Waals surface area (Å²) in [5.41, 5.74) is 1.80. The van der Waals surface area contributed by atoms with Crippen LogP contribution in [0.25, 0.3) is 0 Å². The Balaban J connectivity index is 1.81. The van der Waals surface area contributed by atoms with E-state index in [1.807, 2.05) is 13.0 Å². The van der Waals surface area contributed by atoms with E-state index in [0.717, 1.165) is 24.3 Å². The van der Waals surface area contributed by atoms with Crippen LogP contribution in [0, 0.1) is 24.7 Å². The minimum absolute atomic E-state index is 0.211. The van der Waals surface area contributed by atoms with Crippen LogP contribution in [0.4, 0.5) is 0 Å². The molecule has 78 valence electrons. The Kier molecular flexibility index (Phi) is 1.89. The third kappa shape index (κ3) is 1.38. The lowest BCUT2D eigenvalue weighted by Crippen LogP contribution is -2.10. The van der Waals surface area contributed by atoms with Crippen molar-refractivity contribution >= 4 is 5.78 Å². The molecule has 3 nitrogen and oxygen atoms in total. The summed E-state index contributed by atoms with van der Waals surface area (Å²) < 4.78 is 5.28. The van der Waals surface area contributed by atoms with E-state index in [4.69, 9.17) is 4.74 Å². The second-order valence-corrected chi connectivity index (χ2v) is 4.51. The number of ether oxygens (including phenoxy) is 1. The summed E-state index contributed by atoms with van der Waals surface area (Å²) in [5, 5.41) is 0. The van der Waals surface area contributed by atoms with Crippen LogP contribution in [0.3, 0.4) is 0 Å². The number of aromatic nitrogens is 1. The molecule has 1 aromatic heterocycles. The van der Waals surface area contributed by atoms with E-state index in [9.17, 15) is 4.79 Å². The molecule has 2 atom stereocenters. The zero-order valence-corrected chi connectivity index (χ0v) is 8.64. The Labute approximate surface area is 88.5 Å². The van der Waals surface area contributed by atoms with Crippen LogP contribution in [0.2, 0.25) is 0 Å².